The SMILES string of the molecule is CC(=C[C@H](C(C)C)N(C)C(=O)[C@@H](NC(=O)[C@H]1CCCCN1C(C)C)C(C)C)C(=O)Nc1ccc(F)c(Cl)c1. The average Bonchev–Trinajstić information content (AvgIpc) is 2.86. The summed E-state index contributed by atoms with van der Waals surface area (Å²) in [6.07, 6.45) is 4.60. The first-order valence-corrected chi connectivity index (χ1v) is 13.9. The van der Waals surface area contributed by atoms with Crippen molar-refractivity contribution in [3.8, 4) is 0 Å². The molecule has 0 aliphatic carbocycles. The van der Waals surface area contributed by atoms with Gasteiger partial charge in [0.2, 0.25) is 11.8 Å². The van der Waals surface area contributed by atoms with Crippen LogP contribution >= 0.6 is 11.6 Å². The van der Waals surface area contributed by atoms with Crippen molar-refractivity contribution in [2.75, 3.05) is 18.9 Å². The maximum Gasteiger partial charge on any atom is 0.251 e. The smallest absolute Gasteiger partial charge is 0.251 e. The standard InChI is InChI=1S/C29H44ClFN4O3/c1-17(2)25(15-20(7)27(36)32-21-12-13-23(31)22(30)16-21)34(8)29(38)26(18(3)4)33-28(37)24-11-9-10-14-35(24)19(5)6/h12-13,15-19,24-26H,9-11,14H2,1-8H3,(H,32,36)(H,33,37)/t24-,25-,26+/m1/s1. The highest BCUT2D eigenvalue weighted by Gasteiger charge is 2.36. The van der Waals surface area contributed by atoms with Crippen molar-refractivity contribution in [1.29, 1.82) is 0 Å². The summed E-state index contributed by atoms with van der Waals surface area (Å²) < 4.78 is 13.5. The predicted octanol–water partition coefficient (Wildman–Crippen LogP) is 5.25. The van der Waals surface area contributed by atoms with Crippen molar-refractivity contribution < 1.29 is 18.8 Å². The molecule has 38 heavy (non-hydrogen) atoms. The molecule has 1 aliphatic rings. The number of hydrogen-bond acceptors (Lipinski definition) is 4. The maximum atomic E-state index is 13.7. The zero-order valence-electron chi connectivity index (χ0n) is 24.0. The number of halogens is 2. The van der Waals surface area contributed by atoms with Crippen LogP contribution in [0.25, 0.3) is 0 Å². The molecule has 3 amide bonds. The Balaban J connectivity index is 2.19. The molecule has 1 aliphatic heterocycles. The molecule has 1 fully saturated rings. The Morgan fingerprint density at radius 2 is 1.76 bits per heavy atom. The molecule has 1 aromatic rings. The van der Waals surface area contributed by atoms with E-state index in [1.54, 1.807) is 24.9 Å². The topological polar surface area (TPSA) is 81.8 Å². The van der Waals surface area contributed by atoms with E-state index in [0.717, 1.165) is 25.8 Å². The van der Waals surface area contributed by atoms with Gasteiger partial charge in [-0.3, -0.25) is 19.3 Å². The molecule has 0 spiro atoms. The van der Waals surface area contributed by atoms with Gasteiger partial charge in [0.1, 0.15) is 11.9 Å². The second-order valence-electron chi connectivity index (χ2n) is 11.2. The third-order valence-corrected chi connectivity index (χ3v) is 7.46. The highest BCUT2D eigenvalue weighted by Crippen LogP contribution is 2.23. The second-order valence-corrected chi connectivity index (χ2v) is 11.6. The number of rotatable bonds is 10. The predicted molar refractivity (Wildman–Crippen MR) is 151 cm³/mol. The maximum absolute atomic E-state index is 13.7. The molecule has 0 radical (unpaired) electrons. The summed E-state index contributed by atoms with van der Waals surface area (Å²) >= 11 is 5.83. The number of carbonyl (C=O) groups excluding carboxylic acids is 3. The van der Waals surface area contributed by atoms with Gasteiger partial charge in [-0.1, -0.05) is 51.8 Å². The van der Waals surface area contributed by atoms with Gasteiger partial charge < -0.3 is 15.5 Å². The lowest BCUT2D eigenvalue weighted by Crippen LogP contribution is -2.58. The molecule has 0 bridgehead atoms. The Bertz CT molecular complexity index is 1030. The van der Waals surface area contributed by atoms with E-state index in [1.807, 2.05) is 27.7 Å². The number of piperidine rings is 1. The number of hydrogen-bond donors (Lipinski definition) is 2. The molecule has 0 aromatic heterocycles. The second kappa shape index (κ2) is 14.1. The van der Waals surface area contributed by atoms with Crippen molar-refractivity contribution in [1.82, 2.24) is 15.1 Å². The number of likely N-dealkylation sites (N-methyl/N-ethyl adjacent to an activating group) is 1. The van der Waals surface area contributed by atoms with Crippen LogP contribution in [-0.2, 0) is 14.4 Å². The Kier molecular flexibility index (Phi) is 11.8. The fraction of sp³-hybridized carbons (Fsp3) is 0.621. The molecule has 0 saturated carbocycles. The number of likely N-dealkylation sites (tertiary alicyclic amines) is 1. The van der Waals surface area contributed by atoms with E-state index in [9.17, 15) is 18.8 Å². The summed E-state index contributed by atoms with van der Waals surface area (Å²) in [6.45, 7) is 14.5. The molecule has 0 unspecified atom stereocenters. The number of benzene rings is 1. The average molecular weight is 551 g/mol. The van der Waals surface area contributed by atoms with E-state index in [2.05, 4.69) is 29.4 Å². The molecular formula is C29H44ClFN4O3. The zero-order valence-corrected chi connectivity index (χ0v) is 24.7. The van der Waals surface area contributed by atoms with Gasteiger partial charge >= 0.3 is 0 Å². The summed E-state index contributed by atoms with van der Waals surface area (Å²) in [5.74, 6) is -1.36. The zero-order chi connectivity index (χ0) is 28.7. The van der Waals surface area contributed by atoms with Crippen LogP contribution in [0.5, 0.6) is 0 Å². The minimum absolute atomic E-state index is 0.00487. The molecule has 2 rings (SSSR count). The highest BCUT2D eigenvalue weighted by molar-refractivity contribution is 6.31. The summed E-state index contributed by atoms with van der Waals surface area (Å²) in [5, 5.41) is 5.68. The van der Waals surface area contributed by atoms with Gasteiger partial charge in [0.05, 0.1) is 17.1 Å². The van der Waals surface area contributed by atoms with E-state index >= 15 is 0 Å². The van der Waals surface area contributed by atoms with Gasteiger partial charge in [-0.15, -0.1) is 0 Å². The van der Waals surface area contributed by atoms with Crippen LogP contribution < -0.4 is 10.6 Å². The van der Waals surface area contributed by atoms with Crippen LogP contribution in [0.4, 0.5) is 10.1 Å². The molecule has 7 nitrogen and oxygen atoms in total. The van der Waals surface area contributed by atoms with Crippen molar-refractivity contribution in [2.24, 2.45) is 11.8 Å². The molecule has 3 atom stereocenters. The van der Waals surface area contributed by atoms with Crippen molar-refractivity contribution in [3.05, 3.63) is 40.7 Å². The molecule has 1 saturated heterocycles. The minimum atomic E-state index is -0.687. The quantitative estimate of drug-likeness (QED) is 0.390. The lowest BCUT2D eigenvalue weighted by molar-refractivity contribution is -0.140. The van der Waals surface area contributed by atoms with E-state index in [-0.39, 0.29) is 52.7 Å². The summed E-state index contributed by atoms with van der Waals surface area (Å²) in [5.41, 5.74) is 0.782. The first-order chi connectivity index (χ1) is 17.7. The summed E-state index contributed by atoms with van der Waals surface area (Å²) in [7, 11) is 1.71. The number of nitrogens with one attached hydrogen (secondary N) is 2. The van der Waals surface area contributed by atoms with Crippen LogP contribution in [-0.4, -0.2) is 65.3 Å². The van der Waals surface area contributed by atoms with Gasteiger partial charge in [-0.25, -0.2) is 4.39 Å². The molecule has 9 heteroatoms. The Labute approximate surface area is 232 Å². The van der Waals surface area contributed by atoms with Crippen LogP contribution in [0.1, 0.15) is 67.7 Å². The number of amides is 3. The van der Waals surface area contributed by atoms with Gasteiger partial charge in [0.15, 0.2) is 0 Å². The summed E-state index contributed by atoms with van der Waals surface area (Å²) in [6, 6.07) is 2.91. The van der Waals surface area contributed by atoms with Gasteiger partial charge in [-0.05, 0) is 70.2 Å². The third-order valence-electron chi connectivity index (χ3n) is 7.17. The number of anilines is 1. The molecule has 1 aromatic carbocycles. The highest BCUT2D eigenvalue weighted by atomic mass is 35.5. The first kappa shape index (κ1) is 31.8. The summed E-state index contributed by atoms with van der Waals surface area (Å²) in [4.78, 5) is 43.7. The van der Waals surface area contributed by atoms with E-state index in [0.29, 0.717) is 11.3 Å². The molecule has 2 N–H and O–H groups in total. The van der Waals surface area contributed by atoms with Crippen LogP contribution in [0.15, 0.2) is 29.8 Å². The van der Waals surface area contributed by atoms with Gasteiger partial charge in [0, 0.05) is 24.4 Å². The van der Waals surface area contributed by atoms with Crippen LogP contribution in [0.2, 0.25) is 5.02 Å². The van der Waals surface area contributed by atoms with Crippen molar-refractivity contribution in [3.63, 3.8) is 0 Å². The number of nitrogens with zero attached hydrogens (tertiary/aromatic N) is 2. The van der Waals surface area contributed by atoms with Crippen molar-refractivity contribution in [2.45, 2.75) is 91.9 Å². The fourth-order valence-corrected chi connectivity index (χ4v) is 5.05. The van der Waals surface area contributed by atoms with Gasteiger partial charge in [0.25, 0.3) is 5.91 Å². The van der Waals surface area contributed by atoms with Crippen LogP contribution in [0.3, 0.4) is 0 Å². The molecule has 212 valence electrons. The molecule has 1 heterocycles. The third kappa shape index (κ3) is 8.27. The Hall–Kier alpha value is -2.45. The minimum Gasteiger partial charge on any atom is -0.343 e. The molecular weight excluding hydrogens is 507 g/mol. The van der Waals surface area contributed by atoms with E-state index in [4.69, 9.17) is 11.6 Å². The number of carbonyl (C=O) groups is 3. The van der Waals surface area contributed by atoms with Crippen LogP contribution in [0, 0.1) is 17.7 Å². The van der Waals surface area contributed by atoms with E-state index < -0.39 is 11.9 Å². The Morgan fingerprint density at radius 3 is 2.32 bits per heavy atom. The van der Waals surface area contributed by atoms with Gasteiger partial charge in [-0.2, -0.15) is 0 Å². The van der Waals surface area contributed by atoms with Crippen molar-refractivity contribution >= 4 is 35.0 Å². The Morgan fingerprint density at radius 1 is 1.11 bits per heavy atom. The monoisotopic (exact) mass is 550 g/mol. The lowest BCUT2D eigenvalue weighted by atomic mass is 9.95. The lowest BCUT2D eigenvalue weighted by Gasteiger charge is -2.39. The largest absolute Gasteiger partial charge is 0.343 e. The normalized spacial score (nSPS) is 18.4. The fourth-order valence-electron chi connectivity index (χ4n) is 4.87. The first-order valence-electron chi connectivity index (χ1n) is 13.5. The van der Waals surface area contributed by atoms with E-state index in [1.165, 1.54) is 18.2 Å².